The highest BCUT2D eigenvalue weighted by atomic mass is 19.3. The minimum Gasteiger partial charge on any atom is -0.481 e. The fraction of sp³-hybridized carbons (Fsp3) is 0.778. The van der Waals surface area contributed by atoms with E-state index in [0.717, 1.165) is 0 Å². The van der Waals surface area contributed by atoms with Gasteiger partial charge in [0, 0.05) is 6.04 Å². The predicted octanol–water partition coefficient (Wildman–Crippen LogP) is 0.405. The van der Waals surface area contributed by atoms with Crippen molar-refractivity contribution in [3.05, 3.63) is 0 Å². The summed E-state index contributed by atoms with van der Waals surface area (Å²) in [6.45, 7) is -0.538. The zero-order valence-electron chi connectivity index (χ0n) is 8.40. The molecule has 1 aliphatic carbocycles. The molecule has 0 bridgehead atoms. The van der Waals surface area contributed by atoms with Crippen LogP contribution >= 0.6 is 0 Å². The van der Waals surface area contributed by atoms with E-state index in [0.29, 0.717) is 0 Å². The van der Waals surface area contributed by atoms with Crippen molar-refractivity contribution in [2.24, 2.45) is 11.8 Å². The highest BCUT2D eigenvalue weighted by Gasteiger charge is 2.42. The molecule has 92 valence electrons. The maximum Gasteiger partial charge on any atom is 0.307 e. The Kier molecular flexibility index (Phi) is 4.17. The number of carboxylic acids is 2. The molecule has 5 nitrogen and oxygen atoms in total. The Morgan fingerprint density at radius 3 is 1.94 bits per heavy atom. The van der Waals surface area contributed by atoms with Crippen LogP contribution in [0.25, 0.3) is 0 Å². The number of rotatable bonds is 5. The van der Waals surface area contributed by atoms with Crippen LogP contribution in [-0.2, 0) is 9.59 Å². The highest BCUT2D eigenvalue weighted by molar-refractivity contribution is 5.80. The van der Waals surface area contributed by atoms with Crippen LogP contribution < -0.4 is 5.32 Å². The summed E-state index contributed by atoms with van der Waals surface area (Å²) in [5.41, 5.74) is 0. The lowest BCUT2D eigenvalue weighted by atomic mass is 9.97. The van der Waals surface area contributed by atoms with Crippen LogP contribution in [-0.4, -0.2) is 41.2 Å². The fourth-order valence-corrected chi connectivity index (χ4v) is 2.01. The van der Waals surface area contributed by atoms with Crippen LogP contribution in [0, 0.1) is 11.8 Å². The van der Waals surface area contributed by atoms with E-state index in [2.05, 4.69) is 5.32 Å². The number of aliphatic carboxylic acids is 2. The Hall–Kier alpha value is -1.24. The van der Waals surface area contributed by atoms with Crippen molar-refractivity contribution < 1.29 is 28.6 Å². The van der Waals surface area contributed by atoms with Crippen LogP contribution in [0.2, 0.25) is 0 Å². The molecule has 0 aromatic carbocycles. The summed E-state index contributed by atoms with van der Waals surface area (Å²) in [7, 11) is 0. The third-order valence-corrected chi connectivity index (χ3v) is 2.76. The SMILES string of the molecule is O=C(O)C1CC(NCC(F)F)CC1C(=O)O. The summed E-state index contributed by atoms with van der Waals surface area (Å²) in [5.74, 6) is -4.36. The van der Waals surface area contributed by atoms with E-state index in [4.69, 9.17) is 10.2 Å². The standard InChI is InChI=1S/C9H13F2NO4/c10-7(11)3-12-4-1-5(8(13)14)6(2-4)9(15)16/h4-7,12H,1-3H2,(H,13,14)(H,15,16). The number of nitrogens with one attached hydrogen (secondary N) is 1. The molecule has 7 heteroatoms. The summed E-state index contributed by atoms with van der Waals surface area (Å²) >= 11 is 0. The zero-order valence-corrected chi connectivity index (χ0v) is 8.40. The average molecular weight is 237 g/mol. The van der Waals surface area contributed by atoms with Crippen molar-refractivity contribution in [3.63, 3.8) is 0 Å². The van der Waals surface area contributed by atoms with Gasteiger partial charge in [-0.2, -0.15) is 0 Å². The second-order valence-corrected chi connectivity index (χ2v) is 3.86. The molecule has 0 heterocycles. The maximum atomic E-state index is 11.9. The Morgan fingerprint density at radius 2 is 1.62 bits per heavy atom. The Labute approximate surface area is 90.4 Å². The lowest BCUT2D eigenvalue weighted by molar-refractivity contribution is -0.152. The predicted molar refractivity (Wildman–Crippen MR) is 49.3 cm³/mol. The van der Waals surface area contributed by atoms with Gasteiger partial charge in [0.25, 0.3) is 6.43 Å². The van der Waals surface area contributed by atoms with Crippen molar-refractivity contribution in [1.82, 2.24) is 5.32 Å². The molecule has 0 radical (unpaired) electrons. The normalized spacial score (nSPS) is 29.6. The first-order valence-corrected chi connectivity index (χ1v) is 4.89. The molecule has 0 amide bonds. The summed E-state index contributed by atoms with van der Waals surface area (Å²) in [4.78, 5) is 21.5. The van der Waals surface area contributed by atoms with Gasteiger partial charge in [0.15, 0.2) is 0 Å². The van der Waals surface area contributed by atoms with Crippen molar-refractivity contribution in [3.8, 4) is 0 Å². The molecule has 0 aromatic heterocycles. The van der Waals surface area contributed by atoms with Crippen LogP contribution in [0.3, 0.4) is 0 Å². The van der Waals surface area contributed by atoms with E-state index in [1.165, 1.54) is 0 Å². The average Bonchev–Trinajstić information content (AvgIpc) is 2.58. The third-order valence-electron chi connectivity index (χ3n) is 2.76. The molecule has 1 rings (SSSR count). The molecule has 16 heavy (non-hydrogen) atoms. The molecule has 1 fully saturated rings. The smallest absolute Gasteiger partial charge is 0.307 e. The minimum atomic E-state index is -2.52. The highest BCUT2D eigenvalue weighted by Crippen LogP contribution is 2.32. The first-order chi connectivity index (χ1) is 7.41. The summed E-state index contributed by atoms with van der Waals surface area (Å²) in [5, 5.41) is 20.1. The number of halogens is 2. The van der Waals surface area contributed by atoms with Gasteiger partial charge in [-0.15, -0.1) is 0 Å². The van der Waals surface area contributed by atoms with Crippen molar-refractivity contribution >= 4 is 11.9 Å². The molecule has 0 aromatic rings. The summed E-state index contributed by atoms with van der Waals surface area (Å²) in [6.07, 6.45) is -2.36. The van der Waals surface area contributed by atoms with E-state index in [1.54, 1.807) is 0 Å². The number of hydrogen-bond donors (Lipinski definition) is 3. The number of alkyl halides is 2. The topological polar surface area (TPSA) is 86.6 Å². The first kappa shape index (κ1) is 12.8. The number of hydrogen-bond acceptors (Lipinski definition) is 3. The molecular weight excluding hydrogens is 224 g/mol. The second-order valence-electron chi connectivity index (χ2n) is 3.86. The largest absolute Gasteiger partial charge is 0.481 e. The molecule has 1 saturated carbocycles. The van der Waals surface area contributed by atoms with Gasteiger partial charge in [0.1, 0.15) is 0 Å². The molecule has 0 aliphatic heterocycles. The molecule has 0 spiro atoms. The maximum absolute atomic E-state index is 11.9. The second kappa shape index (κ2) is 5.20. The van der Waals surface area contributed by atoms with Gasteiger partial charge in [-0.3, -0.25) is 9.59 Å². The van der Waals surface area contributed by atoms with Crippen LogP contribution in [0.15, 0.2) is 0 Å². The lowest BCUT2D eigenvalue weighted by Crippen LogP contribution is -2.31. The molecule has 2 unspecified atom stereocenters. The van der Waals surface area contributed by atoms with Crippen molar-refractivity contribution in [1.29, 1.82) is 0 Å². The van der Waals surface area contributed by atoms with E-state index >= 15 is 0 Å². The number of carbonyl (C=O) groups is 2. The van der Waals surface area contributed by atoms with Crippen LogP contribution in [0.4, 0.5) is 8.78 Å². The van der Waals surface area contributed by atoms with Gasteiger partial charge in [0.05, 0.1) is 18.4 Å². The third kappa shape index (κ3) is 3.13. The monoisotopic (exact) mass is 237 g/mol. The van der Waals surface area contributed by atoms with Crippen molar-refractivity contribution in [2.45, 2.75) is 25.3 Å². The zero-order chi connectivity index (χ0) is 12.3. The molecule has 3 N–H and O–H groups in total. The van der Waals surface area contributed by atoms with Gasteiger partial charge in [0.2, 0.25) is 0 Å². The van der Waals surface area contributed by atoms with E-state index in [-0.39, 0.29) is 12.8 Å². The molecule has 0 saturated heterocycles. The quantitative estimate of drug-likeness (QED) is 0.644. The molecule has 1 aliphatic rings. The van der Waals surface area contributed by atoms with Gasteiger partial charge in [-0.1, -0.05) is 0 Å². The van der Waals surface area contributed by atoms with Gasteiger partial charge in [-0.05, 0) is 12.8 Å². The summed E-state index contributed by atoms with van der Waals surface area (Å²) < 4.78 is 23.8. The number of carboxylic acid groups (broad SMARTS) is 2. The minimum absolute atomic E-state index is 0.0824. The van der Waals surface area contributed by atoms with E-state index in [1.807, 2.05) is 0 Å². The van der Waals surface area contributed by atoms with Crippen LogP contribution in [0.1, 0.15) is 12.8 Å². The fourth-order valence-electron chi connectivity index (χ4n) is 2.01. The Morgan fingerprint density at radius 1 is 1.19 bits per heavy atom. The molecular formula is C9H13F2NO4. The van der Waals surface area contributed by atoms with Gasteiger partial charge >= 0.3 is 11.9 Å². The van der Waals surface area contributed by atoms with Gasteiger partial charge in [-0.25, -0.2) is 8.78 Å². The van der Waals surface area contributed by atoms with Crippen LogP contribution in [0.5, 0.6) is 0 Å². The Bertz CT molecular complexity index is 263. The first-order valence-electron chi connectivity index (χ1n) is 4.89. The Balaban J connectivity index is 2.55. The molecule has 2 atom stereocenters. The van der Waals surface area contributed by atoms with Gasteiger partial charge < -0.3 is 15.5 Å². The van der Waals surface area contributed by atoms with E-state index < -0.39 is 42.8 Å². The van der Waals surface area contributed by atoms with E-state index in [9.17, 15) is 18.4 Å². The lowest BCUT2D eigenvalue weighted by Gasteiger charge is -2.10. The summed E-state index contributed by atoms with van der Waals surface area (Å²) in [6, 6.07) is -0.462. The van der Waals surface area contributed by atoms with Crippen molar-refractivity contribution in [2.75, 3.05) is 6.54 Å².